The number of carbonyl (C=O) groups is 2. The molecule has 1 aliphatic rings. The Labute approximate surface area is 248 Å². The Bertz CT molecular complexity index is 1560. The van der Waals surface area contributed by atoms with E-state index in [0.29, 0.717) is 38.5 Å². The third kappa shape index (κ3) is 6.40. The largest absolute Gasteiger partial charge is 0.460 e. The number of allylic oxidation sites excluding steroid dienone is 2. The number of halogens is 2. The van der Waals surface area contributed by atoms with Gasteiger partial charge in [-0.1, -0.05) is 83.9 Å². The minimum Gasteiger partial charge on any atom is -0.460 e. The van der Waals surface area contributed by atoms with Gasteiger partial charge in [0.2, 0.25) is 0 Å². The fourth-order valence-corrected chi connectivity index (χ4v) is 5.27. The first-order chi connectivity index (χ1) is 19.8. The van der Waals surface area contributed by atoms with Gasteiger partial charge in [0.05, 0.1) is 22.1 Å². The first-order valence-corrected chi connectivity index (χ1v) is 13.7. The highest BCUT2D eigenvalue weighted by atomic mass is 35.5. The number of esters is 2. The second-order valence-corrected chi connectivity index (χ2v) is 10.4. The third-order valence-corrected chi connectivity index (χ3v) is 7.28. The lowest BCUT2D eigenvalue weighted by molar-refractivity contribution is -0.141. The van der Waals surface area contributed by atoms with Crippen molar-refractivity contribution in [3.8, 4) is 11.3 Å². The Hall–Kier alpha value is -4.26. The molecule has 4 aromatic rings. The number of dihydropyridines is 1. The summed E-state index contributed by atoms with van der Waals surface area (Å²) in [4.78, 5) is 27.2. The van der Waals surface area contributed by atoms with Crippen LogP contribution in [0.2, 0.25) is 10.0 Å². The van der Waals surface area contributed by atoms with Crippen molar-refractivity contribution in [3.63, 3.8) is 0 Å². The number of hydrogen-bond acceptors (Lipinski definition) is 6. The van der Waals surface area contributed by atoms with Crippen molar-refractivity contribution in [3.05, 3.63) is 140 Å². The predicted molar refractivity (Wildman–Crippen MR) is 158 cm³/mol. The normalized spacial score (nSPS) is 13.7. The molecule has 2 heterocycles. The Morgan fingerprint density at radius 3 is 1.80 bits per heavy atom. The van der Waals surface area contributed by atoms with Gasteiger partial charge in [0.15, 0.2) is 0 Å². The molecule has 0 atom stereocenters. The van der Waals surface area contributed by atoms with E-state index in [1.54, 1.807) is 44.2 Å². The molecule has 41 heavy (non-hydrogen) atoms. The van der Waals surface area contributed by atoms with Crippen LogP contribution in [0, 0.1) is 0 Å². The highest BCUT2D eigenvalue weighted by molar-refractivity contribution is 6.36. The summed E-state index contributed by atoms with van der Waals surface area (Å²) in [5.74, 6) is -1.21. The Balaban J connectivity index is 1.51. The van der Waals surface area contributed by atoms with Crippen molar-refractivity contribution in [1.82, 2.24) is 5.32 Å². The molecule has 3 aromatic carbocycles. The Kier molecular flexibility index (Phi) is 8.62. The van der Waals surface area contributed by atoms with Crippen molar-refractivity contribution >= 4 is 35.1 Å². The SMILES string of the molecule is CC1=C(C(=O)OCc2ccccc2)C(c2ccc(-c3ccc(Cl)cc3Cl)o2)C(C(=O)OCc2ccccc2)=C(C)N1. The summed E-state index contributed by atoms with van der Waals surface area (Å²) < 4.78 is 17.7. The molecule has 0 bridgehead atoms. The second-order valence-electron chi connectivity index (χ2n) is 9.59. The first kappa shape index (κ1) is 28.3. The fourth-order valence-electron chi connectivity index (χ4n) is 4.76. The van der Waals surface area contributed by atoms with Crippen LogP contribution in [-0.2, 0) is 32.3 Å². The second kappa shape index (κ2) is 12.5. The lowest BCUT2D eigenvalue weighted by Gasteiger charge is -2.29. The molecule has 0 unspecified atom stereocenters. The van der Waals surface area contributed by atoms with Gasteiger partial charge in [-0.25, -0.2) is 9.59 Å². The zero-order valence-electron chi connectivity index (χ0n) is 22.4. The van der Waals surface area contributed by atoms with Crippen LogP contribution in [0.25, 0.3) is 11.3 Å². The lowest BCUT2D eigenvalue weighted by Crippen LogP contribution is -2.32. The maximum Gasteiger partial charge on any atom is 0.337 e. The molecule has 1 aliphatic heterocycles. The monoisotopic (exact) mass is 587 g/mol. The molecular weight excluding hydrogens is 561 g/mol. The van der Waals surface area contributed by atoms with E-state index in [0.717, 1.165) is 11.1 Å². The molecule has 8 heteroatoms. The minimum absolute atomic E-state index is 0.0729. The van der Waals surface area contributed by atoms with E-state index in [9.17, 15) is 9.59 Å². The molecule has 0 saturated carbocycles. The van der Waals surface area contributed by atoms with Crippen molar-refractivity contribution in [2.45, 2.75) is 33.0 Å². The summed E-state index contributed by atoms with van der Waals surface area (Å²) in [5.41, 5.74) is 3.90. The van der Waals surface area contributed by atoms with Crippen LogP contribution in [0.3, 0.4) is 0 Å². The molecule has 0 amide bonds. The fraction of sp³-hybridized carbons (Fsp3) is 0.152. The quantitative estimate of drug-likeness (QED) is 0.210. The number of rotatable bonds is 8. The van der Waals surface area contributed by atoms with Crippen molar-refractivity contribution in [1.29, 1.82) is 0 Å². The number of benzene rings is 3. The van der Waals surface area contributed by atoms with Crippen molar-refractivity contribution in [2.75, 3.05) is 0 Å². The molecule has 5 rings (SSSR count). The molecule has 0 aliphatic carbocycles. The van der Waals surface area contributed by atoms with Gasteiger partial charge >= 0.3 is 11.9 Å². The summed E-state index contributed by atoms with van der Waals surface area (Å²) in [6.45, 7) is 3.68. The first-order valence-electron chi connectivity index (χ1n) is 13.0. The van der Waals surface area contributed by atoms with E-state index < -0.39 is 17.9 Å². The van der Waals surface area contributed by atoms with E-state index in [4.69, 9.17) is 37.1 Å². The van der Waals surface area contributed by atoms with Gasteiger partial charge < -0.3 is 19.2 Å². The van der Waals surface area contributed by atoms with Gasteiger partial charge in [0, 0.05) is 22.0 Å². The van der Waals surface area contributed by atoms with Gasteiger partial charge in [-0.2, -0.15) is 0 Å². The zero-order valence-corrected chi connectivity index (χ0v) is 24.0. The van der Waals surface area contributed by atoms with E-state index in [-0.39, 0.29) is 24.4 Å². The summed E-state index contributed by atoms with van der Waals surface area (Å²) in [7, 11) is 0. The third-order valence-electron chi connectivity index (χ3n) is 6.73. The summed E-state index contributed by atoms with van der Waals surface area (Å²) in [5, 5.41) is 4.07. The van der Waals surface area contributed by atoms with Gasteiger partial charge in [-0.05, 0) is 55.3 Å². The highest BCUT2D eigenvalue weighted by Crippen LogP contribution is 2.42. The molecule has 6 nitrogen and oxygen atoms in total. The Morgan fingerprint density at radius 2 is 1.29 bits per heavy atom. The predicted octanol–water partition coefficient (Wildman–Crippen LogP) is 7.98. The number of ether oxygens (including phenoxy) is 2. The van der Waals surface area contributed by atoms with Crippen molar-refractivity contribution < 1.29 is 23.5 Å². The molecule has 0 saturated heterocycles. The molecule has 0 spiro atoms. The number of furan rings is 1. The van der Waals surface area contributed by atoms with Crippen molar-refractivity contribution in [2.24, 2.45) is 0 Å². The van der Waals surface area contributed by atoms with E-state index >= 15 is 0 Å². The smallest absolute Gasteiger partial charge is 0.337 e. The van der Waals surface area contributed by atoms with Crippen LogP contribution in [0.15, 0.2) is 118 Å². The van der Waals surface area contributed by atoms with Crippen LogP contribution >= 0.6 is 23.2 Å². The maximum atomic E-state index is 13.6. The molecular formula is C33H27Cl2NO5. The van der Waals surface area contributed by atoms with E-state index in [1.807, 2.05) is 60.7 Å². The van der Waals surface area contributed by atoms with Crippen LogP contribution in [0.5, 0.6) is 0 Å². The lowest BCUT2D eigenvalue weighted by atomic mass is 9.83. The molecule has 1 N–H and O–H groups in total. The summed E-state index contributed by atoms with van der Waals surface area (Å²) >= 11 is 12.5. The maximum absolute atomic E-state index is 13.6. The van der Waals surface area contributed by atoms with Gasteiger partial charge in [-0.3, -0.25) is 0 Å². The summed E-state index contributed by atoms with van der Waals surface area (Å²) in [6, 6.07) is 27.3. The molecule has 208 valence electrons. The number of carbonyl (C=O) groups excluding carboxylic acids is 2. The standard InChI is InChI=1S/C33H27Cl2NO5/c1-20-29(32(37)39-18-22-9-5-3-6-10-22)31(28-16-15-27(41-28)25-14-13-24(34)17-26(25)35)30(21(2)36-20)33(38)40-19-23-11-7-4-8-12-23/h3-17,31,36H,18-19H2,1-2H3. The van der Waals surface area contributed by atoms with Gasteiger partial charge in [0.25, 0.3) is 0 Å². The zero-order chi connectivity index (χ0) is 28.9. The molecule has 0 radical (unpaired) electrons. The van der Waals surface area contributed by atoms with E-state index in [2.05, 4.69) is 5.32 Å². The number of hydrogen-bond donors (Lipinski definition) is 1. The average Bonchev–Trinajstić information content (AvgIpc) is 3.45. The molecule has 1 aromatic heterocycles. The van der Waals surface area contributed by atoms with Crippen LogP contribution in [0.1, 0.15) is 36.7 Å². The topological polar surface area (TPSA) is 77.8 Å². The molecule has 0 fully saturated rings. The minimum atomic E-state index is -0.886. The van der Waals surface area contributed by atoms with Crippen LogP contribution < -0.4 is 5.32 Å². The van der Waals surface area contributed by atoms with E-state index in [1.165, 1.54) is 0 Å². The number of nitrogens with one attached hydrogen (secondary N) is 1. The van der Waals surface area contributed by atoms with Gasteiger partial charge in [-0.15, -0.1) is 0 Å². The van der Waals surface area contributed by atoms with Crippen LogP contribution in [-0.4, -0.2) is 11.9 Å². The Morgan fingerprint density at radius 1 is 0.756 bits per heavy atom. The van der Waals surface area contributed by atoms with Gasteiger partial charge in [0.1, 0.15) is 24.7 Å². The average molecular weight is 588 g/mol. The van der Waals surface area contributed by atoms with Crippen LogP contribution in [0.4, 0.5) is 0 Å². The highest BCUT2D eigenvalue weighted by Gasteiger charge is 2.40. The summed E-state index contributed by atoms with van der Waals surface area (Å²) in [6.07, 6.45) is 0.